The maximum absolute atomic E-state index is 14.5. The van der Waals surface area contributed by atoms with E-state index in [4.69, 9.17) is 11.6 Å². The molecule has 0 radical (unpaired) electrons. The van der Waals surface area contributed by atoms with Crippen LogP contribution in [0.25, 0.3) is 0 Å². The maximum Gasteiger partial charge on any atom is 0.137 e. The quantitative estimate of drug-likeness (QED) is 0.667. The number of hydrogen-bond donors (Lipinski definition) is 0. The zero-order valence-electron chi connectivity index (χ0n) is 13.4. The van der Waals surface area contributed by atoms with Crippen molar-refractivity contribution in [3.05, 3.63) is 83.2 Å². The molecule has 0 aliphatic rings. The van der Waals surface area contributed by atoms with E-state index in [-0.39, 0.29) is 12.4 Å². The third kappa shape index (κ3) is 3.86. The molecule has 6 heteroatoms. The SMILES string of the molecule is N#CC(CCc1ccc(Cl)cc1)(Cn1cncn1)c1ccccc1F. The lowest BCUT2D eigenvalue weighted by molar-refractivity contribution is 0.387. The van der Waals surface area contributed by atoms with E-state index in [0.29, 0.717) is 23.4 Å². The van der Waals surface area contributed by atoms with Crippen molar-refractivity contribution in [1.82, 2.24) is 14.8 Å². The minimum absolute atomic E-state index is 0.234. The lowest BCUT2D eigenvalue weighted by Gasteiger charge is -2.27. The van der Waals surface area contributed by atoms with Crippen LogP contribution in [0.4, 0.5) is 4.39 Å². The van der Waals surface area contributed by atoms with E-state index in [1.165, 1.54) is 18.7 Å². The van der Waals surface area contributed by atoms with E-state index >= 15 is 0 Å². The molecular weight excluding hydrogens is 339 g/mol. The fourth-order valence-corrected chi connectivity index (χ4v) is 3.03. The zero-order chi connectivity index (χ0) is 17.7. The van der Waals surface area contributed by atoms with Gasteiger partial charge in [0.25, 0.3) is 0 Å². The van der Waals surface area contributed by atoms with Gasteiger partial charge in [0.1, 0.15) is 23.9 Å². The normalized spacial score (nSPS) is 13.2. The lowest BCUT2D eigenvalue weighted by atomic mass is 9.76. The zero-order valence-corrected chi connectivity index (χ0v) is 14.2. The van der Waals surface area contributed by atoms with Gasteiger partial charge < -0.3 is 0 Å². The summed E-state index contributed by atoms with van der Waals surface area (Å²) in [5.41, 5.74) is 0.375. The Morgan fingerprint density at radius 1 is 1.16 bits per heavy atom. The molecule has 0 spiro atoms. The highest BCUT2D eigenvalue weighted by Gasteiger charge is 2.35. The Labute approximate surface area is 150 Å². The number of nitrogens with zero attached hydrogens (tertiary/aromatic N) is 4. The predicted molar refractivity (Wildman–Crippen MR) is 93.5 cm³/mol. The third-order valence-corrected chi connectivity index (χ3v) is 4.51. The maximum atomic E-state index is 14.5. The minimum Gasteiger partial charge on any atom is -0.251 e. The van der Waals surface area contributed by atoms with E-state index in [0.717, 1.165) is 5.56 Å². The summed E-state index contributed by atoms with van der Waals surface area (Å²) in [5.74, 6) is -0.389. The first kappa shape index (κ1) is 17.1. The smallest absolute Gasteiger partial charge is 0.137 e. The van der Waals surface area contributed by atoms with Crippen molar-refractivity contribution >= 4 is 11.6 Å². The minimum atomic E-state index is -1.04. The largest absolute Gasteiger partial charge is 0.251 e. The highest BCUT2D eigenvalue weighted by molar-refractivity contribution is 6.30. The lowest BCUT2D eigenvalue weighted by Crippen LogP contribution is -2.32. The third-order valence-electron chi connectivity index (χ3n) is 4.26. The van der Waals surface area contributed by atoms with Crippen molar-refractivity contribution in [3.63, 3.8) is 0 Å². The molecule has 0 saturated heterocycles. The molecule has 0 bridgehead atoms. The van der Waals surface area contributed by atoms with Gasteiger partial charge in [-0.1, -0.05) is 41.9 Å². The number of aromatic nitrogens is 3. The second-order valence-electron chi connectivity index (χ2n) is 5.89. The Hall–Kier alpha value is -2.71. The van der Waals surface area contributed by atoms with Crippen LogP contribution < -0.4 is 0 Å². The van der Waals surface area contributed by atoms with Crippen molar-refractivity contribution in [1.29, 1.82) is 5.26 Å². The number of aryl methyl sites for hydroxylation is 1. The van der Waals surface area contributed by atoms with Crippen molar-refractivity contribution in [2.24, 2.45) is 0 Å². The predicted octanol–water partition coefficient (Wildman–Crippen LogP) is 4.16. The topological polar surface area (TPSA) is 54.5 Å². The van der Waals surface area contributed by atoms with Crippen LogP contribution in [-0.4, -0.2) is 14.8 Å². The van der Waals surface area contributed by atoms with Crippen LogP contribution >= 0.6 is 11.6 Å². The van der Waals surface area contributed by atoms with Crippen LogP contribution in [0.5, 0.6) is 0 Å². The molecule has 2 aromatic carbocycles. The Morgan fingerprint density at radius 3 is 2.56 bits per heavy atom. The first-order valence-corrected chi connectivity index (χ1v) is 8.24. The van der Waals surface area contributed by atoms with Gasteiger partial charge in [-0.15, -0.1) is 0 Å². The monoisotopic (exact) mass is 354 g/mol. The van der Waals surface area contributed by atoms with Gasteiger partial charge >= 0.3 is 0 Å². The van der Waals surface area contributed by atoms with Crippen molar-refractivity contribution in [2.75, 3.05) is 0 Å². The second-order valence-corrected chi connectivity index (χ2v) is 6.33. The number of benzene rings is 2. The van der Waals surface area contributed by atoms with Crippen LogP contribution in [0, 0.1) is 17.1 Å². The first-order chi connectivity index (χ1) is 12.1. The Kier molecular flexibility index (Phi) is 5.11. The second kappa shape index (κ2) is 7.45. The number of rotatable bonds is 6. The van der Waals surface area contributed by atoms with E-state index in [1.54, 1.807) is 22.9 Å². The van der Waals surface area contributed by atoms with Gasteiger partial charge in [0.05, 0.1) is 12.6 Å². The van der Waals surface area contributed by atoms with Crippen molar-refractivity contribution in [3.8, 4) is 6.07 Å². The summed E-state index contributed by atoms with van der Waals surface area (Å²) >= 11 is 5.92. The summed E-state index contributed by atoms with van der Waals surface area (Å²) in [4.78, 5) is 3.92. The number of hydrogen-bond acceptors (Lipinski definition) is 3. The molecule has 0 amide bonds. The molecule has 0 aliphatic carbocycles. The van der Waals surface area contributed by atoms with Crippen molar-refractivity contribution in [2.45, 2.75) is 24.8 Å². The molecule has 0 N–H and O–H groups in total. The molecule has 25 heavy (non-hydrogen) atoms. The average molecular weight is 355 g/mol. The Balaban J connectivity index is 1.94. The fourth-order valence-electron chi connectivity index (χ4n) is 2.90. The van der Waals surface area contributed by atoms with E-state index in [1.807, 2.05) is 24.3 Å². The standard InChI is InChI=1S/C19H16ClFN4/c20-16-7-5-15(6-8-16)9-10-19(11-22,12-25-14-23-13-24-25)17-3-1-2-4-18(17)21/h1-8,13-14H,9-10,12H2. The summed E-state index contributed by atoms with van der Waals surface area (Å²) in [5, 5.41) is 14.7. The van der Waals surface area contributed by atoms with Gasteiger partial charge in [-0.05, 0) is 36.6 Å². The molecule has 0 fully saturated rings. The molecule has 1 atom stereocenters. The van der Waals surface area contributed by atoms with E-state index in [2.05, 4.69) is 16.2 Å². The molecule has 1 aromatic heterocycles. The average Bonchev–Trinajstić information content (AvgIpc) is 3.13. The molecule has 3 rings (SSSR count). The van der Waals surface area contributed by atoms with Gasteiger partial charge in [0, 0.05) is 10.6 Å². The first-order valence-electron chi connectivity index (χ1n) is 7.86. The van der Waals surface area contributed by atoms with Gasteiger partial charge in [0.2, 0.25) is 0 Å². The fraction of sp³-hybridized carbons (Fsp3) is 0.211. The molecule has 1 heterocycles. The van der Waals surface area contributed by atoms with E-state index < -0.39 is 5.41 Å². The van der Waals surface area contributed by atoms with Crippen LogP contribution in [-0.2, 0) is 18.4 Å². The summed E-state index contributed by atoms with van der Waals surface area (Å²) < 4.78 is 16.0. The van der Waals surface area contributed by atoms with Crippen molar-refractivity contribution < 1.29 is 4.39 Å². The van der Waals surface area contributed by atoms with Gasteiger partial charge in [-0.2, -0.15) is 10.4 Å². The van der Waals surface area contributed by atoms with Crippen LogP contribution in [0.15, 0.2) is 61.2 Å². The summed E-state index contributed by atoms with van der Waals surface area (Å²) in [7, 11) is 0. The summed E-state index contributed by atoms with van der Waals surface area (Å²) in [6.07, 6.45) is 4.01. The summed E-state index contributed by atoms with van der Waals surface area (Å²) in [6, 6.07) is 16.2. The molecular formula is C19H16ClFN4. The number of halogens is 2. The highest BCUT2D eigenvalue weighted by Crippen LogP contribution is 2.33. The molecule has 3 aromatic rings. The molecule has 0 aliphatic heterocycles. The van der Waals surface area contributed by atoms with Crippen LogP contribution in [0.3, 0.4) is 0 Å². The van der Waals surface area contributed by atoms with E-state index in [9.17, 15) is 9.65 Å². The molecule has 0 saturated carbocycles. The highest BCUT2D eigenvalue weighted by atomic mass is 35.5. The van der Waals surface area contributed by atoms with Crippen LogP contribution in [0.2, 0.25) is 5.02 Å². The van der Waals surface area contributed by atoms with Gasteiger partial charge in [-0.25, -0.2) is 9.37 Å². The Morgan fingerprint density at radius 2 is 1.92 bits per heavy atom. The van der Waals surface area contributed by atoms with Gasteiger partial charge in [-0.3, -0.25) is 4.68 Å². The van der Waals surface area contributed by atoms with Crippen LogP contribution in [0.1, 0.15) is 17.5 Å². The van der Waals surface area contributed by atoms with Gasteiger partial charge in [0.15, 0.2) is 0 Å². The molecule has 126 valence electrons. The number of nitriles is 1. The summed E-state index contributed by atoms with van der Waals surface area (Å²) in [6.45, 7) is 0.234. The molecule has 1 unspecified atom stereocenters. The Bertz CT molecular complexity index is 871. The molecule has 4 nitrogen and oxygen atoms in total.